The molecule has 0 aromatic carbocycles. The van der Waals surface area contributed by atoms with Gasteiger partial charge in [0.1, 0.15) is 0 Å². The fraction of sp³-hybridized carbons (Fsp3) is 0.909. The van der Waals surface area contributed by atoms with Gasteiger partial charge in [-0.15, -0.1) is 0 Å². The molecule has 0 saturated carbocycles. The van der Waals surface area contributed by atoms with Crippen LogP contribution in [0.5, 0.6) is 0 Å². The highest BCUT2D eigenvalue weighted by Gasteiger charge is 2.11. The number of hydrogen-bond acceptors (Lipinski definition) is 3. The first-order chi connectivity index (χ1) is 6.45. The Kier molecular flexibility index (Phi) is 6.54. The van der Waals surface area contributed by atoms with Crippen molar-refractivity contribution in [3.8, 4) is 0 Å². The maximum absolute atomic E-state index is 11.3. The highest BCUT2D eigenvalue weighted by Crippen LogP contribution is 2.02. The summed E-state index contributed by atoms with van der Waals surface area (Å²) in [6, 6.07) is 0. The molecule has 0 aliphatic heterocycles. The number of ether oxygens (including phenoxy) is 1. The molecule has 0 amide bonds. The van der Waals surface area contributed by atoms with Crippen molar-refractivity contribution >= 4 is 5.97 Å². The summed E-state index contributed by atoms with van der Waals surface area (Å²) in [5, 5.41) is 0. The predicted octanol–water partition coefficient (Wildman–Crippen LogP) is 1.92. The number of rotatable bonds is 6. The van der Waals surface area contributed by atoms with Crippen LogP contribution >= 0.6 is 0 Å². The van der Waals surface area contributed by atoms with E-state index in [1.165, 1.54) is 0 Å². The minimum absolute atomic E-state index is 0.0144. The predicted molar refractivity (Wildman–Crippen MR) is 58.2 cm³/mol. The van der Waals surface area contributed by atoms with Gasteiger partial charge in [0, 0.05) is 6.54 Å². The van der Waals surface area contributed by atoms with Crippen LogP contribution in [-0.2, 0) is 9.53 Å². The van der Waals surface area contributed by atoms with Crippen molar-refractivity contribution < 1.29 is 9.53 Å². The molecular weight excluding hydrogens is 178 g/mol. The van der Waals surface area contributed by atoms with Gasteiger partial charge in [0.25, 0.3) is 0 Å². The summed E-state index contributed by atoms with van der Waals surface area (Å²) >= 11 is 0. The first-order valence-electron chi connectivity index (χ1n) is 5.33. The summed E-state index contributed by atoms with van der Waals surface area (Å²) in [6.07, 6.45) is 1.13. The first kappa shape index (κ1) is 13.4. The van der Waals surface area contributed by atoms with E-state index in [2.05, 4.69) is 13.8 Å². The molecule has 0 bridgehead atoms. The van der Waals surface area contributed by atoms with Crippen molar-refractivity contribution in [3.05, 3.63) is 0 Å². The Hall–Kier alpha value is -0.570. The number of carbonyl (C=O) groups excluding carboxylic acids is 1. The molecule has 0 spiro atoms. The van der Waals surface area contributed by atoms with E-state index in [4.69, 9.17) is 4.74 Å². The lowest BCUT2D eigenvalue weighted by Gasteiger charge is -2.20. The van der Waals surface area contributed by atoms with Crippen LogP contribution in [0.4, 0.5) is 0 Å². The minimum Gasteiger partial charge on any atom is -0.462 e. The Bertz CT molecular complexity index is 169. The molecule has 1 unspecified atom stereocenters. The van der Waals surface area contributed by atoms with E-state index >= 15 is 0 Å². The summed E-state index contributed by atoms with van der Waals surface area (Å²) < 4.78 is 5.06. The smallest absolute Gasteiger partial charge is 0.320 e. The van der Waals surface area contributed by atoms with Crippen LogP contribution in [0, 0.1) is 5.92 Å². The summed E-state index contributed by atoms with van der Waals surface area (Å²) in [7, 11) is 1.95. The van der Waals surface area contributed by atoms with Gasteiger partial charge in [0.05, 0.1) is 12.6 Å². The molecule has 0 saturated heterocycles. The topological polar surface area (TPSA) is 29.5 Å². The minimum atomic E-state index is -0.134. The average Bonchev–Trinajstić information content (AvgIpc) is 2.01. The second-order valence-electron chi connectivity index (χ2n) is 4.25. The van der Waals surface area contributed by atoms with Crippen molar-refractivity contribution in [1.29, 1.82) is 0 Å². The van der Waals surface area contributed by atoms with Crippen LogP contribution < -0.4 is 0 Å². The molecule has 84 valence electrons. The quantitative estimate of drug-likeness (QED) is 0.615. The summed E-state index contributed by atoms with van der Waals surface area (Å²) in [6.45, 7) is 9.42. The lowest BCUT2D eigenvalue weighted by Crippen LogP contribution is -2.31. The zero-order valence-corrected chi connectivity index (χ0v) is 10.0. The molecule has 1 atom stereocenters. The van der Waals surface area contributed by atoms with E-state index in [-0.39, 0.29) is 12.1 Å². The van der Waals surface area contributed by atoms with Crippen LogP contribution in [-0.4, -0.2) is 37.1 Å². The average molecular weight is 201 g/mol. The third-order valence-electron chi connectivity index (χ3n) is 2.09. The Morgan fingerprint density at radius 1 is 1.36 bits per heavy atom. The molecule has 0 aliphatic carbocycles. The van der Waals surface area contributed by atoms with Crippen LogP contribution in [0.1, 0.15) is 34.1 Å². The van der Waals surface area contributed by atoms with E-state index in [0.29, 0.717) is 12.5 Å². The fourth-order valence-electron chi connectivity index (χ4n) is 1.25. The van der Waals surface area contributed by atoms with E-state index < -0.39 is 0 Å². The molecule has 0 fully saturated rings. The van der Waals surface area contributed by atoms with Gasteiger partial charge in [0.15, 0.2) is 0 Å². The summed E-state index contributed by atoms with van der Waals surface area (Å²) in [4.78, 5) is 13.3. The Morgan fingerprint density at radius 2 is 1.93 bits per heavy atom. The SMILES string of the molecule is CCC(C)CN(C)CC(=O)OC(C)C. The van der Waals surface area contributed by atoms with Crippen molar-refractivity contribution in [2.24, 2.45) is 5.92 Å². The molecule has 0 heterocycles. The molecule has 0 aromatic heterocycles. The molecule has 0 aromatic rings. The number of esters is 1. The standard InChI is InChI=1S/C11H23NO2/c1-6-10(4)7-12(5)8-11(13)14-9(2)3/h9-10H,6-8H2,1-5H3. The van der Waals surface area contributed by atoms with Gasteiger partial charge in [-0.2, -0.15) is 0 Å². The normalized spacial score (nSPS) is 13.4. The molecule has 3 heteroatoms. The van der Waals surface area contributed by atoms with Crippen LogP contribution in [0.2, 0.25) is 0 Å². The van der Waals surface area contributed by atoms with Gasteiger partial charge >= 0.3 is 5.97 Å². The van der Waals surface area contributed by atoms with E-state index in [1.54, 1.807) is 0 Å². The molecular formula is C11H23NO2. The lowest BCUT2D eigenvalue weighted by atomic mass is 10.1. The van der Waals surface area contributed by atoms with Crippen molar-refractivity contribution in [2.75, 3.05) is 20.1 Å². The molecule has 14 heavy (non-hydrogen) atoms. The largest absolute Gasteiger partial charge is 0.462 e. The fourth-order valence-corrected chi connectivity index (χ4v) is 1.25. The third kappa shape index (κ3) is 6.89. The Morgan fingerprint density at radius 3 is 2.36 bits per heavy atom. The number of likely N-dealkylation sites (N-methyl/N-ethyl adjacent to an activating group) is 1. The van der Waals surface area contributed by atoms with E-state index in [1.807, 2.05) is 25.8 Å². The van der Waals surface area contributed by atoms with E-state index in [9.17, 15) is 4.79 Å². The Labute approximate surface area is 87.4 Å². The molecule has 0 aliphatic rings. The van der Waals surface area contributed by atoms with Crippen LogP contribution in [0.15, 0.2) is 0 Å². The lowest BCUT2D eigenvalue weighted by molar-refractivity contribution is -0.148. The maximum Gasteiger partial charge on any atom is 0.320 e. The molecule has 3 nitrogen and oxygen atoms in total. The van der Waals surface area contributed by atoms with E-state index in [0.717, 1.165) is 13.0 Å². The first-order valence-corrected chi connectivity index (χ1v) is 5.33. The van der Waals surface area contributed by atoms with Crippen molar-refractivity contribution in [1.82, 2.24) is 4.90 Å². The summed E-state index contributed by atoms with van der Waals surface area (Å²) in [5.41, 5.74) is 0. The van der Waals surface area contributed by atoms with Gasteiger partial charge in [-0.25, -0.2) is 0 Å². The second-order valence-corrected chi connectivity index (χ2v) is 4.25. The second kappa shape index (κ2) is 6.82. The number of nitrogens with zero attached hydrogens (tertiary/aromatic N) is 1. The molecule has 0 radical (unpaired) electrons. The van der Waals surface area contributed by atoms with Gasteiger partial charge in [-0.1, -0.05) is 20.3 Å². The van der Waals surface area contributed by atoms with Crippen LogP contribution in [0.3, 0.4) is 0 Å². The zero-order valence-electron chi connectivity index (χ0n) is 10.0. The van der Waals surface area contributed by atoms with Gasteiger partial charge in [-0.3, -0.25) is 9.69 Å². The van der Waals surface area contributed by atoms with Crippen molar-refractivity contribution in [3.63, 3.8) is 0 Å². The van der Waals surface area contributed by atoms with Gasteiger partial charge in [0.2, 0.25) is 0 Å². The zero-order chi connectivity index (χ0) is 11.1. The molecule has 0 rings (SSSR count). The number of hydrogen-bond donors (Lipinski definition) is 0. The van der Waals surface area contributed by atoms with Crippen molar-refractivity contribution in [2.45, 2.75) is 40.2 Å². The highest BCUT2D eigenvalue weighted by molar-refractivity contribution is 5.71. The van der Waals surface area contributed by atoms with Gasteiger partial charge in [-0.05, 0) is 26.8 Å². The third-order valence-corrected chi connectivity index (χ3v) is 2.09. The monoisotopic (exact) mass is 201 g/mol. The molecule has 0 N–H and O–H groups in total. The maximum atomic E-state index is 11.3. The van der Waals surface area contributed by atoms with Gasteiger partial charge < -0.3 is 4.74 Å². The van der Waals surface area contributed by atoms with Crippen LogP contribution in [0.25, 0.3) is 0 Å². The number of carbonyl (C=O) groups is 1. The summed E-state index contributed by atoms with van der Waals surface area (Å²) in [5.74, 6) is 0.498. The highest BCUT2D eigenvalue weighted by atomic mass is 16.5. The Balaban J connectivity index is 3.71.